The molecule has 6 nitrogen and oxygen atoms in total. The first kappa shape index (κ1) is 17.6. The normalized spacial score (nSPS) is 21.9. The number of ether oxygens (including phenoxy) is 1. The number of amides is 1. The van der Waals surface area contributed by atoms with Crippen molar-refractivity contribution in [3.8, 4) is 0 Å². The van der Waals surface area contributed by atoms with Crippen molar-refractivity contribution in [1.29, 1.82) is 0 Å². The molecule has 1 atom stereocenters. The summed E-state index contributed by atoms with van der Waals surface area (Å²) in [6.07, 6.45) is 0. The van der Waals surface area contributed by atoms with Crippen LogP contribution in [0.25, 0.3) is 0 Å². The molecule has 0 saturated carbocycles. The molecule has 1 fully saturated rings. The van der Waals surface area contributed by atoms with Gasteiger partial charge >= 0.3 is 0 Å². The number of aryl methyl sites for hydroxylation is 1. The van der Waals surface area contributed by atoms with Gasteiger partial charge in [0, 0.05) is 26.2 Å². The van der Waals surface area contributed by atoms with Crippen LogP contribution in [0.15, 0.2) is 35.6 Å². The van der Waals surface area contributed by atoms with Crippen LogP contribution in [0.1, 0.15) is 24.1 Å². The fourth-order valence-electron chi connectivity index (χ4n) is 3.41. The average molecular weight is 344 g/mol. The minimum Gasteiger partial charge on any atom is -0.503 e. The van der Waals surface area contributed by atoms with E-state index in [1.165, 1.54) is 6.92 Å². The predicted molar refractivity (Wildman–Crippen MR) is 93.2 cm³/mol. The van der Waals surface area contributed by atoms with Crippen molar-refractivity contribution in [3.05, 3.63) is 46.7 Å². The lowest BCUT2D eigenvalue weighted by molar-refractivity contribution is -0.129. The zero-order valence-corrected chi connectivity index (χ0v) is 14.7. The SMILES string of the molecule is CC(=O)C1=C(O)C(=O)N(CCN2CCOCC2)C1c1ccc(C)cc1. The minimum absolute atomic E-state index is 0.191. The Morgan fingerprint density at radius 3 is 2.44 bits per heavy atom. The van der Waals surface area contributed by atoms with Crippen molar-refractivity contribution >= 4 is 11.7 Å². The van der Waals surface area contributed by atoms with E-state index in [1.54, 1.807) is 4.90 Å². The number of carbonyl (C=O) groups is 2. The zero-order valence-electron chi connectivity index (χ0n) is 14.7. The van der Waals surface area contributed by atoms with Crippen molar-refractivity contribution in [1.82, 2.24) is 9.80 Å². The van der Waals surface area contributed by atoms with Crippen molar-refractivity contribution < 1.29 is 19.4 Å². The summed E-state index contributed by atoms with van der Waals surface area (Å²) in [5, 5.41) is 10.3. The molecule has 2 aliphatic rings. The quantitative estimate of drug-likeness (QED) is 0.879. The molecule has 2 heterocycles. The smallest absolute Gasteiger partial charge is 0.290 e. The first-order chi connectivity index (χ1) is 12.0. The number of aliphatic hydroxyl groups is 1. The molecule has 1 N–H and O–H groups in total. The molecule has 1 aromatic carbocycles. The van der Waals surface area contributed by atoms with Gasteiger partial charge in [0.1, 0.15) is 0 Å². The van der Waals surface area contributed by atoms with Gasteiger partial charge < -0.3 is 14.7 Å². The van der Waals surface area contributed by atoms with E-state index in [1.807, 2.05) is 31.2 Å². The van der Waals surface area contributed by atoms with Crippen LogP contribution in [0, 0.1) is 6.92 Å². The first-order valence-corrected chi connectivity index (χ1v) is 8.60. The van der Waals surface area contributed by atoms with E-state index in [4.69, 9.17) is 4.74 Å². The number of carbonyl (C=O) groups excluding carboxylic acids is 2. The first-order valence-electron chi connectivity index (χ1n) is 8.60. The van der Waals surface area contributed by atoms with Crippen LogP contribution in [0.2, 0.25) is 0 Å². The third-order valence-corrected chi connectivity index (χ3v) is 4.84. The summed E-state index contributed by atoms with van der Waals surface area (Å²) in [4.78, 5) is 28.5. The number of hydrogen-bond acceptors (Lipinski definition) is 5. The molecule has 3 rings (SSSR count). The molecular weight excluding hydrogens is 320 g/mol. The highest BCUT2D eigenvalue weighted by molar-refractivity contribution is 6.08. The molecule has 2 aliphatic heterocycles. The van der Waals surface area contributed by atoms with Gasteiger partial charge in [-0.1, -0.05) is 29.8 Å². The summed E-state index contributed by atoms with van der Waals surface area (Å²) in [7, 11) is 0. The summed E-state index contributed by atoms with van der Waals surface area (Å²) in [5.41, 5.74) is 2.14. The van der Waals surface area contributed by atoms with E-state index in [-0.39, 0.29) is 11.4 Å². The van der Waals surface area contributed by atoms with E-state index in [0.717, 1.165) is 24.2 Å². The molecular formula is C19H24N2O4. The fraction of sp³-hybridized carbons (Fsp3) is 0.474. The van der Waals surface area contributed by atoms with Gasteiger partial charge in [0.15, 0.2) is 11.5 Å². The highest BCUT2D eigenvalue weighted by Gasteiger charge is 2.42. The summed E-state index contributed by atoms with van der Waals surface area (Å²) in [6.45, 7) is 7.57. The highest BCUT2D eigenvalue weighted by Crippen LogP contribution is 2.37. The number of morpholine rings is 1. The van der Waals surface area contributed by atoms with Gasteiger partial charge in [-0.3, -0.25) is 14.5 Å². The Labute approximate surface area is 147 Å². The van der Waals surface area contributed by atoms with E-state index in [2.05, 4.69) is 4.90 Å². The van der Waals surface area contributed by atoms with Crippen molar-refractivity contribution in [2.24, 2.45) is 0 Å². The second-order valence-corrected chi connectivity index (χ2v) is 6.58. The maximum absolute atomic E-state index is 12.6. The van der Waals surface area contributed by atoms with Gasteiger partial charge in [-0.05, 0) is 19.4 Å². The number of hydrogen-bond donors (Lipinski definition) is 1. The Morgan fingerprint density at radius 1 is 1.20 bits per heavy atom. The lowest BCUT2D eigenvalue weighted by Crippen LogP contribution is -2.43. The van der Waals surface area contributed by atoms with Gasteiger partial charge in [0.2, 0.25) is 0 Å². The van der Waals surface area contributed by atoms with Crippen LogP contribution in [0.3, 0.4) is 0 Å². The molecule has 1 aromatic rings. The van der Waals surface area contributed by atoms with Crippen molar-refractivity contribution in [2.75, 3.05) is 39.4 Å². The van der Waals surface area contributed by atoms with E-state index in [9.17, 15) is 14.7 Å². The van der Waals surface area contributed by atoms with E-state index in [0.29, 0.717) is 26.3 Å². The maximum Gasteiger partial charge on any atom is 0.290 e. The molecule has 0 bridgehead atoms. The predicted octanol–water partition coefficient (Wildman–Crippen LogP) is 1.61. The highest BCUT2D eigenvalue weighted by atomic mass is 16.5. The van der Waals surface area contributed by atoms with E-state index >= 15 is 0 Å². The Morgan fingerprint density at radius 2 is 1.84 bits per heavy atom. The molecule has 25 heavy (non-hydrogen) atoms. The molecule has 0 spiro atoms. The number of benzene rings is 1. The van der Waals surface area contributed by atoms with Crippen LogP contribution in [0.4, 0.5) is 0 Å². The molecule has 1 amide bonds. The average Bonchev–Trinajstić information content (AvgIpc) is 2.86. The third kappa shape index (κ3) is 3.60. The van der Waals surface area contributed by atoms with Crippen molar-refractivity contribution in [3.63, 3.8) is 0 Å². The second-order valence-electron chi connectivity index (χ2n) is 6.58. The van der Waals surface area contributed by atoms with Gasteiger partial charge in [-0.25, -0.2) is 0 Å². The molecule has 6 heteroatoms. The van der Waals surface area contributed by atoms with Gasteiger partial charge in [0.05, 0.1) is 24.8 Å². The Bertz CT molecular complexity index is 690. The van der Waals surface area contributed by atoms with Gasteiger partial charge in [-0.2, -0.15) is 0 Å². The second kappa shape index (κ2) is 7.37. The summed E-state index contributed by atoms with van der Waals surface area (Å²) in [6, 6.07) is 7.21. The summed E-state index contributed by atoms with van der Waals surface area (Å²) < 4.78 is 5.34. The van der Waals surface area contributed by atoms with Crippen LogP contribution >= 0.6 is 0 Å². The molecule has 0 radical (unpaired) electrons. The lowest BCUT2D eigenvalue weighted by Gasteiger charge is -2.31. The minimum atomic E-state index is -0.522. The Kier molecular flexibility index (Phi) is 5.20. The maximum atomic E-state index is 12.6. The number of aliphatic hydroxyl groups excluding tert-OH is 1. The number of rotatable bonds is 5. The Hall–Kier alpha value is -2.18. The van der Waals surface area contributed by atoms with Gasteiger partial charge in [0.25, 0.3) is 5.91 Å². The van der Waals surface area contributed by atoms with Crippen molar-refractivity contribution in [2.45, 2.75) is 19.9 Å². The topological polar surface area (TPSA) is 70.1 Å². The standard InChI is InChI=1S/C19H24N2O4/c1-13-3-5-15(6-4-13)17-16(14(2)22)18(23)19(24)21(17)8-7-20-9-11-25-12-10-20/h3-6,17,23H,7-12H2,1-2H3. The van der Waals surface area contributed by atoms with Gasteiger partial charge in [-0.15, -0.1) is 0 Å². The largest absolute Gasteiger partial charge is 0.503 e. The third-order valence-electron chi connectivity index (χ3n) is 4.84. The zero-order chi connectivity index (χ0) is 18.0. The molecule has 134 valence electrons. The molecule has 1 unspecified atom stereocenters. The van der Waals surface area contributed by atoms with Crippen LogP contribution in [-0.4, -0.2) is 66.0 Å². The van der Waals surface area contributed by atoms with E-state index < -0.39 is 17.7 Å². The van der Waals surface area contributed by atoms with Crippen LogP contribution in [-0.2, 0) is 14.3 Å². The molecule has 1 saturated heterocycles. The number of ketones is 1. The monoisotopic (exact) mass is 344 g/mol. The molecule has 0 aromatic heterocycles. The number of Topliss-reactive ketones (excluding diaryl/α,β-unsaturated/α-hetero) is 1. The summed E-state index contributed by atoms with van der Waals surface area (Å²) >= 11 is 0. The van der Waals surface area contributed by atoms with Crippen LogP contribution in [0.5, 0.6) is 0 Å². The number of nitrogens with zero attached hydrogens (tertiary/aromatic N) is 2. The molecule has 0 aliphatic carbocycles. The fourth-order valence-corrected chi connectivity index (χ4v) is 3.41. The summed E-state index contributed by atoms with van der Waals surface area (Å²) in [5.74, 6) is -1.16. The van der Waals surface area contributed by atoms with Crippen LogP contribution < -0.4 is 0 Å². The Balaban J connectivity index is 1.85. The lowest BCUT2D eigenvalue weighted by atomic mass is 9.96.